The second-order valence-corrected chi connectivity index (χ2v) is 10.5. The SMILES string of the molecule is CCOC(=O)Cl.CCOC(=O)NCCc1ccc(CN2CCCC2)cc1.NCCc1ccc(CN2CCCC2)cc1. The Labute approximate surface area is 251 Å². The van der Waals surface area contributed by atoms with Gasteiger partial charge < -0.3 is 20.5 Å². The van der Waals surface area contributed by atoms with E-state index in [9.17, 15) is 9.59 Å². The van der Waals surface area contributed by atoms with Gasteiger partial charge in [-0.05, 0) is 107 Å². The average Bonchev–Trinajstić information content (AvgIpc) is 3.67. The molecule has 0 spiro atoms. The van der Waals surface area contributed by atoms with E-state index in [0.717, 1.165) is 32.5 Å². The number of likely N-dealkylation sites (tertiary alicyclic amines) is 2. The normalized spacial score (nSPS) is 14.8. The first kappa shape index (κ1) is 34.6. The lowest BCUT2D eigenvalue weighted by Crippen LogP contribution is -2.26. The Balaban J connectivity index is 0.000000246. The number of nitrogens with zero attached hydrogens (tertiary/aromatic N) is 2. The first-order valence-electron chi connectivity index (χ1n) is 15.0. The third-order valence-electron chi connectivity index (χ3n) is 6.90. The summed E-state index contributed by atoms with van der Waals surface area (Å²) >= 11 is 4.72. The second kappa shape index (κ2) is 21.1. The Morgan fingerprint density at radius 1 is 0.732 bits per heavy atom. The largest absolute Gasteiger partial charge is 0.454 e. The van der Waals surface area contributed by atoms with Gasteiger partial charge in [-0.1, -0.05) is 48.5 Å². The molecule has 0 bridgehead atoms. The highest BCUT2D eigenvalue weighted by atomic mass is 35.5. The number of hydrogen-bond donors (Lipinski definition) is 2. The molecule has 0 saturated carbocycles. The minimum absolute atomic E-state index is 0.335. The molecule has 228 valence electrons. The van der Waals surface area contributed by atoms with Gasteiger partial charge in [0, 0.05) is 31.2 Å². The molecular formula is C32H49ClN4O4. The van der Waals surface area contributed by atoms with Crippen molar-refractivity contribution in [1.82, 2.24) is 15.1 Å². The van der Waals surface area contributed by atoms with Crippen LogP contribution in [-0.4, -0.2) is 73.8 Å². The zero-order valence-corrected chi connectivity index (χ0v) is 25.7. The number of halogens is 1. The third-order valence-corrected chi connectivity index (χ3v) is 7.01. The summed E-state index contributed by atoms with van der Waals surface area (Å²) in [6.07, 6.45) is 6.89. The molecule has 2 heterocycles. The first-order valence-corrected chi connectivity index (χ1v) is 15.3. The number of ether oxygens (including phenoxy) is 2. The van der Waals surface area contributed by atoms with Crippen molar-refractivity contribution in [2.75, 3.05) is 52.5 Å². The predicted molar refractivity (Wildman–Crippen MR) is 166 cm³/mol. The Hall–Kier alpha value is -2.65. The smallest absolute Gasteiger partial charge is 0.407 e. The molecule has 0 unspecified atom stereocenters. The lowest BCUT2D eigenvalue weighted by Gasteiger charge is -2.14. The van der Waals surface area contributed by atoms with E-state index in [1.165, 1.54) is 74.1 Å². The molecule has 9 heteroatoms. The molecule has 0 aromatic heterocycles. The average molecular weight is 589 g/mol. The van der Waals surface area contributed by atoms with Crippen molar-refractivity contribution in [2.24, 2.45) is 5.73 Å². The van der Waals surface area contributed by atoms with Gasteiger partial charge in [0.1, 0.15) is 0 Å². The van der Waals surface area contributed by atoms with Crippen LogP contribution in [0.2, 0.25) is 0 Å². The highest BCUT2D eigenvalue weighted by Gasteiger charge is 2.12. The van der Waals surface area contributed by atoms with Crippen molar-refractivity contribution in [2.45, 2.75) is 65.5 Å². The summed E-state index contributed by atoms with van der Waals surface area (Å²) in [7, 11) is 0. The van der Waals surface area contributed by atoms with Crippen LogP contribution in [0.1, 0.15) is 61.8 Å². The fourth-order valence-corrected chi connectivity index (χ4v) is 4.90. The van der Waals surface area contributed by atoms with Gasteiger partial charge in [-0.25, -0.2) is 9.59 Å². The topological polar surface area (TPSA) is 97.1 Å². The molecule has 3 N–H and O–H groups in total. The van der Waals surface area contributed by atoms with Gasteiger partial charge in [0.15, 0.2) is 0 Å². The van der Waals surface area contributed by atoms with Crippen LogP contribution in [-0.2, 0) is 35.4 Å². The van der Waals surface area contributed by atoms with Gasteiger partial charge in [0.05, 0.1) is 13.2 Å². The fraction of sp³-hybridized carbons (Fsp3) is 0.562. The van der Waals surface area contributed by atoms with E-state index in [-0.39, 0.29) is 6.09 Å². The summed E-state index contributed by atoms with van der Waals surface area (Å²) in [5.74, 6) is 0. The van der Waals surface area contributed by atoms with Crippen LogP contribution in [0.15, 0.2) is 48.5 Å². The molecule has 0 aliphatic carbocycles. The van der Waals surface area contributed by atoms with Gasteiger partial charge in [-0.15, -0.1) is 0 Å². The fourth-order valence-electron chi connectivity index (χ4n) is 4.79. The predicted octanol–water partition coefficient (Wildman–Crippen LogP) is 5.74. The molecule has 1 amide bonds. The van der Waals surface area contributed by atoms with E-state index in [4.69, 9.17) is 22.1 Å². The maximum atomic E-state index is 11.1. The number of carbonyl (C=O) groups is 2. The summed E-state index contributed by atoms with van der Waals surface area (Å²) in [5, 5.41) is 2.74. The molecule has 2 aromatic carbocycles. The van der Waals surface area contributed by atoms with E-state index >= 15 is 0 Å². The van der Waals surface area contributed by atoms with Crippen LogP contribution in [0.4, 0.5) is 9.59 Å². The van der Waals surface area contributed by atoms with Crippen LogP contribution >= 0.6 is 11.6 Å². The highest BCUT2D eigenvalue weighted by molar-refractivity contribution is 6.61. The van der Waals surface area contributed by atoms with E-state index < -0.39 is 5.43 Å². The monoisotopic (exact) mass is 588 g/mol. The third kappa shape index (κ3) is 15.8. The molecule has 2 fully saturated rings. The van der Waals surface area contributed by atoms with Gasteiger partial charge >= 0.3 is 11.5 Å². The quantitative estimate of drug-likeness (QED) is 0.323. The number of rotatable bonds is 11. The standard InChI is InChI=1S/C16H24N2O2.C13H20N2.C3H5ClO2/c1-2-20-16(19)17-10-9-14-5-7-15(8-6-14)13-18-11-3-4-12-18;14-8-7-12-3-5-13(6-4-12)11-15-9-1-2-10-15;1-2-6-3(4)5/h5-8H,2-4,9-13H2,1H3,(H,17,19);3-6H,1-2,7-11,14H2;2H2,1H3. The Bertz CT molecular complexity index is 976. The zero-order valence-electron chi connectivity index (χ0n) is 24.9. The summed E-state index contributed by atoms with van der Waals surface area (Å²) in [6, 6.07) is 17.6. The van der Waals surface area contributed by atoms with E-state index in [0.29, 0.717) is 19.8 Å². The van der Waals surface area contributed by atoms with Gasteiger partial charge in [0.25, 0.3) is 0 Å². The Kier molecular flexibility index (Phi) is 17.8. The van der Waals surface area contributed by atoms with E-state index in [1.54, 1.807) is 13.8 Å². The van der Waals surface area contributed by atoms with Crippen LogP contribution in [0.25, 0.3) is 0 Å². The maximum absolute atomic E-state index is 11.1. The number of alkyl carbamates (subject to hydrolysis) is 1. The minimum atomic E-state index is -0.738. The zero-order chi connectivity index (χ0) is 29.7. The number of carbonyl (C=O) groups excluding carboxylic acids is 2. The van der Waals surface area contributed by atoms with Gasteiger partial charge in [-0.2, -0.15) is 0 Å². The number of benzene rings is 2. The van der Waals surface area contributed by atoms with Crippen LogP contribution < -0.4 is 11.1 Å². The van der Waals surface area contributed by atoms with Gasteiger partial charge in [-0.3, -0.25) is 9.80 Å². The van der Waals surface area contributed by atoms with Crippen molar-refractivity contribution in [3.8, 4) is 0 Å². The molecule has 8 nitrogen and oxygen atoms in total. The van der Waals surface area contributed by atoms with Crippen LogP contribution in [0.3, 0.4) is 0 Å². The highest BCUT2D eigenvalue weighted by Crippen LogP contribution is 2.14. The molecule has 41 heavy (non-hydrogen) atoms. The van der Waals surface area contributed by atoms with Crippen molar-refractivity contribution in [3.63, 3.8) is 0 Å². The van der Waals surface area contributed by atoms with Crippen molar-refractivity contribution >= 4 is 23.1 Å². The molecule has 2 aliphatic rings. The van der Waals surface area contributed by atoms with E-state index in [1.807, 2.05) is 0 Å². The molecule has 2 saturated heterocycles. The summed E-state index contributed by atoms with van der Waals surface area (Å²) in [4.78, 5) is 25.8. The molecule has 2 aliphatic heterocycles. The Morgan fingerprint density at radius 3 is 1.51 bits per heavy atom. The lowest BCUT2D eigenvalue weighted by molar-refractivity contribution is 0.152. The lowest BCUT2D eigenvalue weighted by atomic mass is 10.1. The van der Waals surface area contributed by atoms with Crippen molar-refractivity contribution in [1.29, 1.82) is 0 Å². The first-order chi connectivity index (χ1) is 19.9. The Morgan fingerprint density at radius 2 is 1.15 bits per heavy atom. The minimum Gasteiger partial charge on any atom is -0.454 e. The summed E-state index contributed by atoms with van der Waals surface area (Å²) in [6.45, 7) is 12.8. The number of nitrogens with two attached hydrogens (primary N) is 1. The molecule has 2 aromatic rings. The maximum Gasteiger partial charge on any atom is 0.407 e. The van der Waals surface area contributed by atoms with Crippen LogP contribution in [0, 0.1) is 0 Å². The van der Waals surface area contributed by atoms with E-state index in [2.05, 4.69) is 68.4 Å². The van der Waals surface area contributed by atoms with Crippen LogP contribution in [0.5, 0.6) is 0 Å². The number of hydrogen-bond acceptors (Lipinski definition) is 7. The molecule has 0 radical (unpaired) electrons. The summed E-state index contributed by atoms with van der Waals surface area (Å²) < 4.78 is 8.99. The number of amides is 1. The second-order valence-electron chi connectivity index (χ2n) is 10.2. The molecule has 0 atom stereocenters. The molecular weight excluding hydrogens is 540 g/mol. The van der Waals surface area contributed by atoms with Gasteiger partial charge in [0.2, 0.25) is 0 Å². The molecule has 4 rings (SSSR count). The van der Waals surface area contributed by atoms with Crippen molar-refractivity contribution in [3.05, 3.63) is 70.8 Å². The number of nitrogens with one attached hydrogen (secondary N) is 1. The summed E-state index contributed by atoms with van der Waals surface area (Å²) in [5.41, 5.74) is 10.2. The van der Waals surface area contributed by atoms with Crippen molar-refractivity contribution < 1.29 is 19.1 Å².